The van der Waals surface area contributed by atoms with Crippen LogP contribution < -0.4 is 10.6 Å². The Kier molecular flexibility index (Phi) is 3.85. The summed E-state index contributed by atoms with van der Waals surface area (Å²) in [5.74, 6) is -0.0953. The number of hydrogen-bond acceptors (Lipinski definition) is 2. The highest BCUT2D eigenvalue weighted by molar-refractivity contribution is 6.04. The Hall–Kier alpha value is -2.29. The van der Waals surface area contributed by atoms with Crippen molar-refractivity contribution in [3.05, 3.63) is 59.2 Å². The van der Waals surface area contributed by atoms with Crippen LogP contribution in [0.2, 0.25) is 0 Å². The number of benzene rings is 2. The van der Waals surface area contributed by atoms with Crippen LogP contribution >= 0.6 is 0 Å². The molecule has 0 spiro atoms. The number of anilines is 2. The van der Waals surface area contributed by atoms with Crippen LogP contribution in [0.25, 0.3) is 0 Å². The average molecular weight is 254 g/mol. The van der Waals surface area contributed by atoms with Crippen molar-refractivity contribution in [2.75, 3.05) is 17.7 Å². The quantitative estimate of drug-likeness (QED) is 0.878. The van der Waals surface area contributed by atoms with Gasteiger partial charge in [0.05, 0.1) is 0 Å². The Morgan fingerprint density at radius 1 is 0.947 bits per heavy atom. The molecule has 0 bridgehead atoms. The Morgan fingerprint density at radius 2 is 1.63 bits per heavy atom. The number of carbonyl (C=O) groups excluding carboxylic acids is 1. The van der Waals surface area contributed by atoms with Crippen molar-refractivity contribution >= 4 is 17.3 Å². The molecule has 3 heteroatoms. The van der Waals surface area contributed by atoms with Crippen LogP contribution in [0.1, 0.15) is 21.5 Å². The van der Waals surface area contributed by atoms with Crippen LogP contribution in [0.4, 0.5) is 11.4 Å². The summed E-state index contributed by atoms with van der Waals surface area (Å²) in [6.07, 6.45) is 0. The van der Waals surface area contributed by atoms with E-state index in [1.807, 2.05) is 51.2 Å². The van der Waals surface area contributed by atoms with Gasteiger partial charge in [-0.3, -0.25) is 4.79 Å². The first-order chi connectivity index (χ1) is 9.08. The number of nitrogens with one attached hydrogen (secondary N) is 2. The molecule has 98 valence electrons. The summed E-state index contributed by atoms with van der Waals surface area (Å²) in [6.45, 7) is 4.04. The fourth-order valence-corrected chi connectivity index (χ4v) is 2.07. The highest BCUT2D eigenvalue weighted by atomic mass is 16.1. The Labute approximate surface area is 113 Å². The first kappa shape index (κ1) is 13.1. The highest BCUT2D eigenvalue weighted by Crippen LogP contribution is 2.16. The lowest BCUT2D eigenvalue weighted by molar-refractivity contribution is 0.102. The first-order valence-electron chi connectivity index (χ1n) is 6.26. The van der Waals surface area contributed by atoms with Gasteiger partial charge in [0, 0.05) is 24.0 Å². The van der Waals surface area contributed by atoms with Gasteiger partial charge in [-0.15, -0.1) is 0 Å². The molecule has 0 aromatic heterocycles. The molecule has 0 aliphatic carbocycles. The van der Waals surface area contributed by atoms with Crippen molar-refractivity contribution < 1.29 is 4.79 Å². The molecule has 1 amide bonds. The zero-order chi connectivity index (χ0) is 13.8. The predicted molar refractivity (Wildman–Crippen MR) is 79.9 cm³/mol. The molecule has 0 saturated heterocycles. The van der Waals surface area contributed by atoms with Crippen LogP contribution in [-0.2, 0) is 0 Å². The van der Waals surface area contributed by atoms with Gasteiger partial charge in [0.2, 0.25) is 0 Å². The Morgan fingerprint density at radius 3 is 2.26 bits per heavy atom. The monoisotopic (exact) mass is 254 g/mol. The molecule has 0 radical (unpaired) electrons. The SMILES string of the molecule is CNc1cccc(C(=O)Nc2cc(C)cc(C)c2)c1. The van der Waals surface area contributed by atoms with Crippen molar-refractivity contribution in [1.29, 1.82) is 0 Å². The minimum atomic E-state index is -0.0953. The lowest BCUT2D eigenvalue weighted by atomic mass is 10.1. The van der Waals surface area contributed by atoms with E-state index in [1.54, 1.807) is 6.07 Å². The van der Waals surface area contributed by atoms with Crippen molar-refractivity contribution in [3.63, 3.8) is 0 Å². The van der Waals surface area contributed by atoms with Crippen LogP contribution in [-0.4, -0.2) is 13.0 Å². The van der Waals surface area contributed by atoms with Crippen LogP contribution in [0.3, 0.4) is 0 Å². The first-order valence-corrected chi connectivity index (χ1v) is 6.26. The van der Waals surface area contributed by atoms with Gasteiger partial charge < -0.3 is 10.6 Å². The van der Waals surface area contributed by atoms with Gasteiger partial charge in [-0.1, -0.05) is 12.1 Å². The molecular formula is C16H18N2O. The zero-order valence-electron chi connectivity index (χ0n) is 11.4. The fraction of sp³-hybridized carbons (Fsp3) is 0.188. The molecule has 3 nitrogen and oxygen atoms in total. The van der Waals surface area contributed by atoms with E-state index in [4.69, 9.17) is 0 Å². The summed E-state index contributed by atoms with van der Waals surface area (Å²) < 4.78 is 0. The second-order valence-corrected chi connectivity index (χ2v) is 4.66. The molecule has 0 aliphatic rings. The molecule has 0 unspecified atom stereocenters. The summed E-state index contributed by atoms with van der Waals surface area (Å²) in [4.78, 5) is 12.2. The van der Waals surface area contributed by atoms with Gasteiger partial charge >= 0.3 is 0 Å². The minimum Gasteiger partial charge on any atom is -0.388 e. The van der Waals surface area contributed by atoms with Gasteiger partial charge in [-0.05, 0) is 55.3 Å². The fourth-order valence-electron chi connectivity index (χ4n) is 2.07. The molecule has 2 aromatic rings. The maximum absolute atomic E-state index is 12.2. The minimum absolute atomic E-state index is 0.0953. The predicted octanol–water partition coefficient (Wildman–Crippen LogP) is 3.60. The highest BCUT2D eigenvalue weighted by Gasteiger charge is 2.07. The number of rotatable bonds is 3. The van der Waals surface area contributed by atoms with E-state index < -0.39 is 0 Å². The van der Waals surface area contributed by atoms with E-state index in [2.05, 4.69) is 16.7 Å². The van der Waals surface area contributed by atoms with Crippen molar-refractivity contribution in [1.82, 2.24) is 0 Å². The molecule has 0 atom stereocenters. The van der Waals surface area contributed by atoms with Gasteiger partial charge in [0.15, 0.2) is 0 Å². The number of aryl methyl sites for hydroxylation is 2. The van der Waals surface area contributed by atoms with Gasteiger partial charge in [0.25, 0.3) is 5.91 Å². The van der Waals surface area contributed by atoms with E-state index in [-0.39, 0.29) is 5.91 Å². The van der Waals surface area contributed by atoms with E-state index >= 15 is 0 Å². The van der Waals surface area contributed by atoms with Gasteiger partial charge in [0.1, 0.15) is 0 Å². The lowest BCUT2D eigenvalue weighted by Gasteiger charge is -2.08. The third-order valence-corrected chi connectivity index (χ3v) is 2.89. The maximum Gasteiger partial charge on any atom is 0.255 e. The molecular weight excluding hydrogens is 236 g/mol. The smallest absolute Gasteiger partial charge is 0.255 e. The Bertz CT molecular complexity index is 585. The number of hydrogen-bond donors (Lipinski definition) is 2. The third-order valence-electron chi connectivity index (χ3n) is 2.89. The molecule has 0 heterocycles. The van der Waals surface area contributed by atoms with E-state index in [9.17, 15) is 4.79 Å². The molecule has 0 aliphatic heterocycles. The normalized spacial score (nSPS) is 10.1. The number of carbonyl (C=O) groups is 1. The second kappa shape index (κ2) is 5.57. The molecule has 0 fully saturated rings. The largest absolute Gasteiger partial charge is 0.388 e. The Balaban J connectivity index is 2.20. The van der Waals surface area contributed by atoms with Crippen molar-refractivity contribution in [2.24, 2.45) is 0 Å². The molecule has 2 rings (SSSR count). The summed E-state index contributed by atoms with van der Waals surface area (Å²) in [6, 6.07) is 13.4. The van der Waals surface area contributed by atoms with Crippen molar-refractivity contribution in [3.8, 4) is 0 Å². The van der Waals surface area contributed by atoms with Crippen molar-refractivity contribution in [2.45, 2.75) is 13.8 Å². The van der Waals surface area contributed by atoms with Crippen LogP contribution in [0, 0.1) is 13.8 Å². The average Bonchev–Trinajstić information content (AvgIpc) is 2.37. The molecule has 0 saturated carbocycles. The molecule has 2 N–H and O–H groups in total. The van der Waals surface area contributed by atoms with Gasteiger partial charge in [-0.25, -0.2) is 0 Å². The van der Waals surface area contributed by atoms with E-state index in [0.29, 0.717) is 5.56 Å². The maximum atomic E-state index is 12.2. The topological polar surface area (TPSA) is 41.1 Å². The van der Waals surface area contributed by atoms with E-state index in [0.717, 1.165) is 22.5 Å². The zero-order valence-corrected chi connectivity index (χ0v) is 11.4. The van der Waals surface area contributed by atoms with Gasteiger partial charge in [-0.2, -0.15) is 0 Å². The molecule has 2 aromatic carbocycles. The van der Waals surface area contributed by atoms with E-state index in [1.165, 1.54) is 0 Å². The van der Waals surface area contributed by atoms with Crippen LogP contribution in [0.5, 0.6) is 0 Å². The van der Waals surface area contributed by atoms with Crippen LogP contribution in [0.15, 0.2) is 42.5 Å². The summed E-state index contributed by atoms with van der Waals surface area (Å²) >= 11 is 0. The summed E-state index contributed by atoms with van der Waals surface area (Å²) in [5, 5.41) is 5.95. The number of amides is 1. The third kappa shape index (κ3) is 3.35. The summed E-state index contributed by atoms with van der Waals surface area (Å²) in [7, 11) is 1.83. The standard InChI is InChI=1S/C16H18N2O/c1-11-7-12(2)9-15(8-11)18-16(19)13-5-4-6-14(10-13)17-3/h4-10,17H,1-3H3,(H,18,19). The molecule has 19 heavy (non-hydrogen) atoms. The summed E-state index contributed by atoms with van der Waals surface area (Å²) in [5.41, 5.74) is 4.68. The lowest BCUT2D eigenvalue weighted by Crippen LogP contribution is -2.12. The second-order valence-electron chi connectivity index (χ2n) is 4.66.